The van der Waals surface area contributed by atoms with Crippen molar-refractivity contribution in [1.29, 1.82) is 0 Å². The van der Waals surface area contributed by atoms with Gasteiger partial charge in [0.2, 0.25) is 0 Å². The van der Waals surface area contributed by atoms with Crippen molar-refractivity contribution in [2.75, 3.05) is 6.54 Å². The van der Waals surface area contributed by atoms with Crippen molar-refractivity contribution >= 4 is 5.78 Å². The van der Waals surface area contributed by atoms with E-state index in [1.165, 1.54) is 32.1 Å². The SMILES string of the molecule is O=C1CCNC2(CCCCC2)C1. The first-order chi connectivity index (χ1) is 5.81. The van der Waals surface area contributed by atoms with Crippen molar-refractivity contribution in [3.63, 3.8) is 0 Å². The number of nitrogens with one attached hydrogen (secondary N) is 1. The van der Waals surface area contributed by atoms with Crippen LogP contribution in [-0.4, -0.2) is 17.9 Å². The molecule has 1 saturated heterocycles. The largest absolute Gasteiger partial charge is 0.310 e. The van der Waals surface area contributed by atoms with Crippen molar-refractivity contribution in [3.8, 4) is 0 Å². The van der Waals surface area contributed by atoms with Gasteiger partial charge in [0.15, 0.2) is 0 Å². The zero-order chi connectivity index (χ0) is 8.44. The Morgan fingerprint density at radius 3 is 2.58 bits per heavy atom. The van der Waals surface area contributed by atoms with Gasteiger partial charge in [-0.2, -0.15) is 0 Å². The zero-order valence-corrected chi connectivity index (χ0v) is 7.57. The molecular weight excluding hydrogens is 150 g/mol. The lowest BCUT2D eigenvalue weighted by atomic mass is 9.76. The molecule has 1 saturated carbocycles. The number of carbonyl (C=O) groups is 1. The summed E-state index contributed by atoms with van der Waals surface area (Å²) >= 11 is 0. The quantitative estimate of drug-likeness (QED) is 0.594. The van der Waals surface area contributed by atoms with Gasteiger partial charge in [0.25, 0.3) is 0 Å². The minimum absolute atomic E-state index is 0.230. The molecule has 0 atom stereocenters. The fourth-order valence-corrected chi connectivity index (χ4v) is 2.58. The summed E-state index contributed by atoms with van der Waals surface area (Å²) in [6, 6.07) is 0. The molecule has 12 heavy (non-hydrogen) atoms. The molecule has 2 rings (SSSR count). The van der Waals surface area contributed by atoms with Crippen LogP contribution in [0.5, 0.6) is 0 Å². The first kappa shape index (κ1) is 8.24. The molecule has 1 heterocycles. The van der Waals surface area contributed by atoms with Crippen LogP contribution in [0.1, 0.15) is 44.9 Å². The summed E-state index contributed by atoms with van der Waals surface area (Å²) in [5.41, 5.74) is 0.230. The number of hydrogen-bond donors (Lipinski definition) is 1. The van der Waals surface area contributed by atoms with Crippen LogP contribution in [0, 0.1) is 0 Å². The van der Waals surface area contributed by atoms with Gasteiger partial charge in [0, 0.05) is 24.9 Å². The van der Waals surface area contributed by atoms with Crippen LogP contribution in [0.15, 0.2) is 0 Å². The van der Waals surface area contributed by atoms with Crippen molar-refractivity contribution in [2.45, 2.75) is 50.5 Å². The topological polar surface area (TPSA) is 29.1 Å². The molecule has 0 aromatic rings. The van der Waals surface area contributed by atoms with Crippen LogP contribution in [0.3, 0.4) is 0 Å². The van der Waals surface area contributed by atoms with Gasteiger partial charge >= 0.3 is 0 Å². The molecule has 0 amide bonds. The first-order valence-electron chi connectivity index (χ1n) is 5.08. The highest BCUT2D eigenvalue weighted by molar-refractivity contribution is 5.80. The normalized spacial score (nSPS) is 29.2. The molecule has 0 aromatic carbocycles. The Morgan fingerprint density at radius 2 is 1.92 bits per heavy atom. The molecule has 2 heteroatoms. The van der Waals surface area contributed by atoms with Gasteiger partial charge in [-0.3, -0.25) is 4.79 Å². The second kappa shape index (κ2) is 3.17. The van der Waals surface area contributed by atoms with Crippen LogP contribution in [0.25, 0.3) is 0 Å². The lowest BCUT2D eigenvalue weighted by Gasteiger charge is -2.40. The summed E-state index contributed by atoms with van der Waals surface area (Å²) in [6.45, 7) is 0.916. The Kier molecular flexibility index (Phi) is 2.18. The fraction of sp³-hybridized carbons (Fsp3) is 0.900. The van der Waals surface area contributed by atoms with Crippen LogP contribution in [0.4, 0.5) is 0 Å². The molecule has 0 unspecified atom stereocenters. The Morgan fingerprint density at radius 1 is 1.17 bits per heavy atom. The zero-order valence-electron chi connectivity index (χ0n) is 7.57. The van der Waals surface area contributed by atoms with Crippen LogP contribution in [-0.2, 0) is 4.79 Å². The maximum absolute atomic E-state index is 11.3. The molecule has 2 fully saturated rings. The monoisotopic (exact) mass is 167 g/mol. The predicted octanol–water partition coefficient (Wildman–Crippen LogP) is 1.64. The fourth-order valence-electron chi connectivity index (χ4n) is 2.58. The van der Waals surface area contributed by atoms with Crippen molar-refractivity contribution in [2.24, 2.45) is 0 Å². The summed E-state index contributed by atoms with van der Waals surface area (Å²) in [5.74, 6) is 0.468. The highest BCUT2D eigenvalue weighted by atomic mass is 16.1. The van der Waals surface area contributed by atoms with Crippen LogP contribution < -0.4 is 5.32 Å². The average Bonchev–Trinajstić information content (AvgIpc) is 2.05. The Balaban J connectivity index is 2.02. The van der Waals surface area contributed by atoms with Crippen molar-refractivity contribution in [1.82, 2.24) is 5.32 Å². The smallest absolute Gasteiger partial charge is 0.136 e. The second-order valence-electron chi connectivity index (χ2n) is 4.23. The minimum Gasteiger partial charge on any atom is -0.310 e. The lowest BCUT2D eigenvalue weighted by molar-refractivity contribution is -0.122. The maximum Gasteiger partial charge on any atom is 0.136 e. The molecule has 1 aliphatic heterocycles. The van der Waals surface area contributed by atoms with Gasteiger partial charge in [-0.1, -0.05) is 19.3 Å². The van der Waals surface area contributed by atoms with E-state index >= 15 is 0 Å². The molecule has 0 radical (unpaired) electrons. The van der Waals surface area contributed by atoms with E-state index in [1.54, 1.807) is 0 Å². The van der Waals surface area contributed by atoms with E-state index in [9.17, 15) is 4.79 Å². The molecule has 2 aliphatic rings. The second-order valence-corrected chi connectivity index (χ2v) is 4.23. The molecule has 68 valence electrons. The van der Waals surface area contributed by atoms with Crippen LogP contribution in [0.2, 0.25) is 0 Å². The standard InChI is InChI=1S/C10H17NO/c12-9-4-7-11-10(8-9)5-2-1-3-6-10/h11H,1-8H2. The third-order valence-corrected chi connectivity index (χ3v) is 3.25. The van der Waals surface area contributed by atoms with E-state index < -0.39 is 0 Å². The average molecular weight is 167 g/mol. The Hall–Kier alpha value is -0.370. The van der Waals surface area contributed by atoms with Gasteiger partial charge in [-0.25, -0.2) is 0 Å². The molecule has 0 aromatic heterocycles. The highest BCUT2D eigenvalue weighted by Crippen LogP contribution is 2.33. The van der Waals surface area contributed by atoms with E-state index in [1.807, 2.05) is 0 Å². The maximum atomic E-state index is 11.3. The van der Waals surface area contributed by atoms with E-state index in [0.29, 0.717) is 5.78 Å². The van der Waals surface area contributed by atoms with E-state index in [2.05, 4.69) is 5.32 Å². The van der Waals surface area contributed by atoms with Gasteiger partial charge in [0.1, 0.15) is 5.78 Å². The Labute approximate surface area is 73.7 Å². The van der Waals surface area contributed by atoms with Gasteiger partial charge in [0.05, 0.1) is 0 Å². The lowest BCUT2D eigenvalue weighted by Crippen LogP contribution is -2.52. The predicted molar refractivity (Wildman–Crippen MR) is 48.1 cm³/mol. The molecule has 1 aliphatic carbocycles. The molecule has 2 nitrogen and oxygen atoms in total. The third-order valence-electron chi connectivity index (χ3n) is 3.25. The van der Waals surface area contributed by atoms with Gasteiger partial charge in [-0.05, 0) is 12.8 Å². The van der Waals surface area contributed by atoms with E-state index in [-0.39, 0.29) is 5.54 Å². The number of rotatable bonds is 0. The summed E-state index contributed by atoms with van der Waals surface area (Å²) in [7, 11) is 0. The number of carbonyl (C=O) groups excluding carboxylic acids is 1. The highest BCUT2D eigenvalue weighted by Gasteiger charge is 2.35. The van der Waals surface area contributed by atoms with Gasteiger partial charge < -0.3 is 5.32 Å². The molecule has 1 spiro atoms. The van der Waals surface area contributed by atoms with Crippen molar-refractivity contribution in [3.05, 3.63) is 0 Å². The van der Waals surface area contributed by atoms with Crippen molar-refractivity contribution < 1.29 is 4.79 Å². The summed E-state index contributed by atoms with van der Waals surface area (Å²) in [5, 5.41) is 3.54. The molecule has 0 bridgehead atoms. The number of ketones is 1. The number of hydrogen-bond acceptors (Lipinski definition) is 2. The number of Topliss-reactive ketones (excluding diaryl/α,β-unsaturated/α-hetero) is 1. The molecule has 1 N–H and O–H groups in total. The summed E-state index contributed by atoms with van der Waals surface area (Å²) < 4.78 is 0. The third kappa shape index (κ3) is 1.53. The van der Waals surface area contributed by atoms with Crippen LogP contribution >= 0.6 is 0 Å². The van der Waals surface area contributed by atoms with E-state index in [4.69, 9.17) is 0 Å². The number of piperidine rings is 1. The van der Waals surface area contributed by atoms with Gasteiger partial charge in [-0.15, -0.1) is 0 Å². The minimum atomic E-state index is 0.230. The molecular formula is C10H17NO. The Bertz CT molecular complexity index is 177. The summed E-state index contributed by atoms with van der Waals surface area (Å²) in [4.78, 5) is 11.3. The first-order valence-corrected chi connectivity index (χ1v) is 5.08. The summed E-state index contributed by atoms with van der Waals surface area (Å²) in [6.07, 6.45) is 7.96. The van der Waals surface area contributed by atoms with E-state index in [0.717, 1.165) is 19.4 Å².